The first-order chi connectivity index (χ1) is 19.5. The van der Waals surface area contributed by atoms with Crippen molar-refractivity contribution in [1.82, 2.24) is 14.8 Å². The molecule has 0 radical (unpaired) electrons. The van der Waals surface area contributed by atoms with Gasteiger partial charge in [0.2, 0.25) is 0 Å². The summed E-state index contributed by atoms with van der Waals surface area (Å²) >= 11 is 0. The van der Waals surface area contributed by atoms with Gasteiger partial charge in [0.15, 0.2) is 0 Å². The molecule has 1 amide bonds. The normalized spacial score (nSPS) is 14.7. The number of carbonyl (C=O) groups excluding carboxylic acids is 1. The van der Waals surface area contributed by atoms with Crippen molar-refractivity contribution in [3.8, 4) is 16.9 Å². The van der Waals surface area contributed by atoms with Crippen molar-refractivity contribution in [3.63, 3.8) is 0 Å². The van der Waals surface area contributed by atoms with Crippen molar-refractivity contribution in [2.45, 2.75) is 19.4 Å². The fourth-order valence-corrected chi connectivity index (χ4v) is 4.88. The molecule has 2 heterocycles. The van der Waals surface area contributed by atoms with E-state index in [-0.39, 0.29) is 11.6 Å². The summed E-state index contributed by atoms with van der Waals surface area (Å²) in [5.74, 6) is -0.228. The van der Waals surface area contributed by atoms with E-state index >= 15 is 0 Å². The number of nitrogens with zero attached hydrogens (tertiary/aromatic N) is 5. The average Bonchev–Trinajstić information content (AvgIpc) is 3.64. The molecule has 5 aromatic rings. The van der Waals surface area contributed by atoms with Gasteiger partial charge in [-0.15, -0.1) is 0 Å². The first-order valence-corrected chi connectivity index (χ1v) is 12.9. The number of carbonyl (C=O) groups is 1. The lowest BCUT2D eigenvalue weighted by atomic mass is 9.96. The van der Waals surface area contributed by atoms with E-state index in [1.54, 1.807) is 24.3 Å². The van der Waals surface area contributed by atoms with Gasteiger partial charge in [0, 0.05) is 41.4 Å². The number of para-hydroxylation sites is 1. The van der Waals surface area contributed by atoms with Crippen molar-refractivity contribution in [2.24, 2.45) is 5.10 Å². The quantitative estimate of drug-likeness (QED) is 0.180. The Labute approximate surface area is 231 Å². The lowest BCUT2D eigenvalue weighted by Gasteiger charge is -2.22. The molecule has 6 rings (SSSR count). The number of aryl methyl sites for hydroxylation is 1. The average molecular weight is 528 g/mol. The maximum atomic E-state index is 13.9. The summed E-state index contributed by atoms with van der Waals surface area (Å²) < 4.78 is 1.83. The molecule has 0 saturated heterocycles. The minimum Gasteiger partial charge on any atom is -0.267 e. The van der Waals surface area contributed by atoms with Gasteiger partial charge in [0.25, 0.3) is 11.6 Å². The second-order valence-electron chi connectivity index (χ2n) is 9.67. The van der Waals surface area contributed by atoms with Gasteiger partial charge in [-0.3, -0.25) is 14.9 Å². The lowest BCUT2D eigenvalue weighted by Crippen LogP contribution is -2.27. The molecule has 4 aromatic carbocycles. The van der Waals surface area contributed by atoms with Gasteiger partial charge in [0.05, 0.1) is 28.1 Å². The Morgan fingerprint density at radius 2 is 1.50 bits per heavy atom. The summed E-state index contributed by atoms with van der Waals surface area (Å²) in [5, 5.41) is 22.5. The van der Waals surface area contributed by atoms with E-state index in [2.05, 4.69) is 0 Å². The van der Waals surface area contributed by atoms with Crippen molar-refractivity contribution in [3.05, 3.63) is 148 Å². The maximum absolute atomic E-state index is 13.9. The molecule has 196 valence electrons. The predicted molar refractivity (Wildman–Crippen MR) is 153 cm³/mol. The monoisotopic (exact) mass is 527 g/mol. The number of benzene rings is 4. The zero-order valence-electron chi connectivity index (χ0n) is 21.7. The summed E-state index contributed by atoms with van der Waals surface area (Å²) in [7, 11) is 0. The molecule has 0 N–H and O–H groups in total. The van der Waals surface area contributed by atoms with Crippen LogP contribution in [0.25, 0.3) is 16.9 Å². The van der Waals surface area contributed by atoms with Crippen LogP contribution in [-0.4, -0.2) is 31.3 Å². The van der Waals surface area contributed by atoms with Gasteiger partial charge in [-0.1, -0.05) is 66.2 Å². The molecule has 8 heteroatoms. The van der Waals surface area contributed by atoms with Gasteiger partial charge in [-0.05, 0) is 48.9 Å². The molecule has 40 heavy (non-hydrogen) atoms. The van der Waals surface area contributed by atoms with E-state index in [0.29, 0.717) is 17.7 Å². The third-order valence-electron chi connectivity index (χ3n) is 7.00. The van der Waals surface area contributed by atoms with E-state index in [9.17, 15) is 14.9 Å². The minimum atomic E-state index is -0.438. The van der Waals surface area contributed by atoms with E-state index in [4.69, 9.17) is 10.2 Å². The highest BCUT2D eigenvalue weighted by Crippen LogP contribution is 2.39. The number of hydrogen-bond acceptors (Lipinski definition) is 5. The first-order valence-electron chi connectivity index (χ1n) is 12.9. The topological polar surface area (TPSA) is 93.6 Å². The zero-order valence-corrected chi connectivity index (χ0v) is 21.7. The molecular formula is C32H25N5O3. The second kappa shape index (κ2) is 10.4. The third-order valence-corrected chi connectivity index (χ3v) is 7.00. The largest absolute Gasteiger partial charge is 0.274 e. The number of aromatic nitrogens is 2. The number of rotatable bonds is 6. The molecule has 8 nitrogen and oxygen atoms in total. The number of nitro groups is 1. The zero-order chi connectivity index (χ0) is 27.6. The van der Waals surface area contributed by atoms with Crippen LogP contribution in [0, 0.1) is 17.0 Å². The highest BCUT2D eigenvalue weighted by Gasteiger charge is 2.36. The van der Waals surface area contributed by atoms with E-state index in [0.717, 1.165) is 33.6 Å². The van der Waals surface area contributed by atoms with Crippen LogP contribution >= 0.6 is 0 Å². The van der Waals surface area contributed by atoms with Gasteiger partial charge in [-0.2, -0.15) is 10.2 Å². The Hall–Kier alpha value is -5.37. The van der Waals surface area contributed by atoms with Crippen molar-refractivity contribution < 1.29 is 9.72 Å². The minimum absolute atomic E-state index is 0.00184. The van der Waals surface area contributed by atoms with Crippen LogP contribution in [0.5, 0.6) is 0 Å². The van der Waals surface area contributed by atoms with Crippen LogP contribution in [0.2, 0.25) is 0 Å². The molecule has 0 spiro atoms. The van der Waals surface area contributed by atoms with Crippen LogP contribution in [0.1, 0.15) is 39.5 Å². The summed E-state index contributed by atoms with van der Waals surface area (Å²) in [4.78, 5) is 24.7. The number of non-ortho nitro benzene ring substituents is 1. The van der Waals surface area contributed by atoms with Gasteiger partial charge < -0.3 is 0 Å². The molecule has 1 aliphatic rings. The number of amides is 1. The summed E-state index contributed by atoms with van der Waals surface area (Å²) in [6, 6.07) is 33.0. The highest BCUT2D eigenvalue weighted by atomic mass is 16.6. The van der Waals surface area contributed by atoms with Crippen molar-refractivity contribution in [1.29, 1.82) is 0 Å². The summed E-state index contributed by atoms with van der Waals surface area (Å²) in [5.41, 5.74) is 6.43. The Balaban J connectivity index is 1.47. The van der Waals surface area contributed by atoms with E-state index in [1.807, 2.05) is 90.6 Å². The third kappa shape index (κ3) is 4.78. The van der Waals surface area contributed by atoms with E-state index in [1.165, 1.54) is 17.1 Å². The van der Waals surface area contributed by atoms with Gasteiger partial charge in [-0.25, -0.2) is 9.69 Å². The predicted octanol–water partition coefficient (Wildman–Crippen LogP) is 6.75. The fraction of sp³-hybridized carbons (Fsp3) is 0.0938. The molecule has 1 aliphatic heterocycles. The lowest BCUT2D eigenvalue weighted by molar-refractivity contribution is -0.384. The fourth-order valence-electron chi connectivity index (χ4n) is 4.88. The molecule has 0 unspecified atom stereocenters. The molecule has 1 aromatic heterocycles. The SMILES string of the molecule is Cc1ccc(C(=O)N2N=C(c3ccc([N+](=O)[O-])cc3)C[C@@H]2c2cn(-c3ccccc3)nc2-c2ccccc2)cc1. The smallest absolute Gasteiger partial charge is 0.267 e. The second-order valence-corrected chi connectivity index (χ2v) is 9.67. The number of nitro benzene ring substituents is 1. The maximum Gasteiger partial charge on any atom is 0.274 e. The standard InChI is InChI=1S/C32H25N5O3/c1-22-12-14-25(15-13-22)32(38)36-30(20-29(33-36)23-16-18-27(19-17-23)37(39)40)28-21-35(26-10-6-3-7-11-26)34-31(28)24-8-4-2-5-9-24/h2-19,21,30H,20H2,1H3/t30-/m1/s1. The number of hydrogen-bond donors (Lipinski definition) is 0. The van der Waals surface area contributed by atoms with Crippen molar-refractivity contribution >= 4 is 17.3 Å². The van der Waals surface area contributed by atoms with Crippen LogP contribution in [-0.2, 0) is 0 Å². The molecular weight excluding hydrogens is 502 g/mol. The molecule has 0 saturated carbocycles. The number of hydrazone groups is 1. The Bertz CT molecular complexity index is 1710. The Morgan fingerprint density at radius 3 is 2.15 bits per heavy atom. The molecule has 0 bridgehead atoms. The highest BCUT2D eigenvalue weighted by molar-refractivity contribution is 6.05. The molecule has 1 atom stereocenters. The van der Waals surface area contributed by atoms with Gasteiger partial charge >= 0.3 is 0 Å². The Kier molecular flexibility index (Phi) is 6.49. The summed E-state index contributed by atoms with van der Waals surface area (Å²) in [6.07, 6.45) is 2.39. The molecule has 0 fully saturated rings. The summed E-state index contributed by atoms with van der Waals surface area (Å²) in [6.45, 7) is 1.97. The van der Waals surface area contributed by atoms with Crippen molar-refractivity contribution in [2.75, 3.05) is 0 Å². The van der Waals surface area contributed by atoms with Crippen LogP contribution in [0.3, 0.4) is 0 Å². The first kappa shape index (κ1) is 24.9. The van der Waals surface area contributed by atoms with Crippen LogP contribution in [0.4, 0.5) is 5.69 Å². The van der Waals surface area contributed by atoms with E-state index < -0.39 is 11.0 Å². The molecule has 0 aliphatic carbocycles. The van der Waals surface area contributed by atoms with Gasteiger partial charge in [0.1, 0.15) is 0 Å². The van der Waals surface area contributed by atoms with Crippen LogP contribution < -0.4 is 0 Å². The Morgan fingerprint density at radius 1 is 0.850 bits per heavy atom. The van der Waals surface area contributed by atoms with Crippen LogP contribution in [0.15, 0.2) is 120 Å².